The van der Waals surface area contributed by atoms with Crippen LogP contribution in [0.3, 0.4) is 0 Å². The van der Waals surface area contributed by atoms with Gasteiger partial charge in [-0.1, -0.05) is 44.0 Å². The van der Waals surface area contributed by atoms with E-state index in [0.29, 0.717) is 11.4 Å². The predicted octanol–water partition coefficient (Wildman–Crippen LogP) is 3.85. The lowest BCUT2D eigenvalue weighted by Crippen LogP contribution is -2.13. The number of carbonyl (C=O) groups is 1. The lowest BCUT2D eigenvalue weighted by Gasteiger charge is -2.14. The first-order chi connectivity index (χ1) is 9.68. The van der Waals surface area contributed by atoms with E-state index < -0.39 is 0 Å². The molecule has 0 aliphatic carbocycles. The molecule has 0 saturated carbocycles. The largest absolute Gasteiger partial charge is 0.396 e. The molecule has 1 heterocycles. The number of nitrogens with one attached hydrogen (secondary N) is 2. The molecule has 0 atom stereocenters. The van der Waals surface area contributed by atoms with Gasteiger partial charge in [-0.3, -0.25) is 9.89 Å². The van der Waals surface area contributed by atoms with Gasteiger partial charge in [0.05, 0.1) is 15.7 Å². The Morgan fingerprint density at radius 1 is 1.24 bits per heavy atom. The fraction of sp³-hybridized carbons (Fsp3) is 0.286. The zero-order chi connectivity index (χ0) is 15.8. The average molecular weight is 327 g/mol. The monoisotopic (exact) mass is 326 g/mol. The van der Waals surface area contributed by atoms with E-state index in [4.69, 9.17) is 28.9 Å². The van der Waals surface area contributed by atoms with Gasteiger partial charge in [0.1, 0.15) is 0 Å². The van der Waals surface area contributed by atoms with E-state index in [1.807, 2.05) is 20.8 Å². The van der Waals surface area contributed by atoms with Crippen molar-refractivity contribution in [2.24, 2.45) is 0 Å². The number of hydrogen-bond donors (Lipinski definition) is 3. The van der Waals surface area contributed by atoms with Gasteiger partial charge in [-0.2, -0.15) is 5.10 Å². The zero-order valence-electron chi connectivity index (χ0n) is 11.9. The van der Waals surface area contributed by atoms with Crippen LogP contribution >= 0.6 is 23.2 Å². The maximum Gasteiger partial charge on any atom is 0.256 e. The third kappa shape index (κ3) is 3.49. The van der Waals surface area contributed by atoms with Crippen LogP contribution in [0.5, 0.6) is 0 Å². The topological polar surface area (TPSA) is 83.8 Å². The van der Waals surface area contributed by atoms with E-state index in [9.17, 15) is 4.79 Å². The first-order valence-electron chi connectivity index (χ1n) is 6.30. The van der Waals surface area contributed by atoms with Gasteiger partial charge in [0.2, 0.25) is 0 Å². The van der Waals surface area contributed by atoms with Crippen LogP contribution in [-0.4, -0.2) is 16.1 Å². The van der Waals surface area contributed by atoms with Crippen molar-refractivity contribution in [1.82, 2.24) is 10.2 Å². The molecule has 2 rings (SSSR count). The summed E-state index contributed by atoms with van der Waals surface area (Å²) in [7, 11) is 0. The average Bonchev–Trinajstić information content (AvgIpc) is 2.83. The minimum atomic E-state index is -0.356. The first-order valence-corrected chi connectivity index (χ1v) is 7.06. The SMILES string of the molecule is CC(C)(C)c1cc(NC(=O)c2cc(Cl)c(N)c(Cl)c2)n[nH]1. The van der Waals surface area contributed by atoms with E-state index in [-0.39, 0.29) is 27.1 Å². The normalized spacial score (nSPS) is 11.5. The second-order valence-electron chi connectivity index (χ2n) is 5.72. The van der Waals surface area contributed by atoms with Crippen LogP contribution in [0.25, 0.3) is 0 Å². The van der Waals surface area contributed by atoms with Crippen LogP contribution in [0, 0.1) is 0 Å². The maximum atomic E-state index is 12.2. The second kappa shape index (κ2) is 5.58. The molecule has 1 aromatic heterocycles. The van der Waals surface area contributed by atoms with Gasteiger partial charge in [-0.05, 0) is 12.1 Å². The molecule has 1 amide bonds. The summed E-state index contributed by atoms with van der Waals surface area (Å²) in [5.74, 6) is 0.0831. The molecule has 0 fully saturated rings. The summed E-state index contributed by atoms with van der Waals surface area (Å²) >= 11 is 11.8. The Balaban J connectivity index is 2.20. The Labute approximate surface area is 132 Å². The number of hydrogen-bond acceptors (Lipinski definition) is 3. The second-order valence-corrected chi connectivity index (χ2v) is 6.54. The highest BCUT2D eigenvalue weighted by Gasteiger charge is 2.18. The van der Waals surface area contributed by atoms with Crippen LogP contribution < -0.4 is 11.1 Å². The molecule has 0 aliphatic heterocycles. The molecular formula is C14H16Cl2N4O. The van der Waals surface area contributed by atoms with Gasteiger partial charge in [-0.25, -0.2) is 0 Å². The lowest BCUT2D eigenvalue weighted by atomic mass is 9.92. The summed E-state index contributed by atoms with van der Waals surface area (Å²) in [6.45, 7) is 6.14. The molecule has 0 spiro atoms. The van der Waals surface area contributed by atoms with Gasteiger partial charge >= 0.3 is 0 Å². The van der Waals surface area contributed by atoms with Gasteiger partial charge in [0, 0.05) is 22.7 Å². The Morgan fingerprint density at radius 3 is 2.29 bits per heavy atom. The van der Waals surface area contributed by atoms with Crippen molar-refractivity contribution >= 4 is 40.6 Å². The van der Waals surface area contributed by atoms with Gasteiger partial charge in [0.25, 0.3) is 5.91 Å². The summed E-state index contributed by atoms with van der Waals surface area (Å²) in [4.78, 5) is 12.2. The number of nitrogen functional groups attached to an aromatic ring is 1. The number of aromatic nitrogens is 2. The highest BCUT2D eigenvalue weighted by Crippen LogP contribution is 2.29. The third-order valence-corrected chi connectivity index (χ3v) is 3.59. The number of benzene rings is 1. The van der Waals surface area contributed by atoms with Crippen LogP contribution in [0.1, 0.15) is 36.8 Å². The number of H-pyrrole nitrogens is 1. The van der Waals surface area contributed by atoms with Gasteiger partial charge < -0.3 is 11.1 Å². The van der Waals surface area contributed by atoms with E-state index >= 15 is 0 Å². The van der Waals surface area contributed by atoms with E-state index in [0.717, 1.165) is 5.69 Å². The molecule has 21 heavy (non-hydrogen) atoms. The molecule has 0 radical (unpaired) electrons. The standard InChI is InChI=1S/C14H16Cl2N4O/c1-14(2,3)10-6-11(20-19-10)18-13(21)7-4-8(15)12(17)9(16)5-7/h4-6H,17H2,1-3H3,(H2,18,19,20,21). The number of halogens is 2. The highest BCUT2D eigenvalue weighted by molar-refractivity contribution is 6.39. The van der Waals surface area contributed by atoms with Crippen molar-refractivity contribution in [1.29, 1.82) is 0 Å². The van der Waals surface area contributed by atoms with Crippen molar-refractivity contribution in [3.63, 3.8) is 0 Å². The fourth-order valence-corrected chi connectivity index (χ4v) is 2.16. The zero-order valence-corrected chi connectivity index (χ0v) is 13.4. The van der Waals surface area contributed by atoms with Crippen LogP contribution in [-0.2, 0) is 5.41 Å². The van der Waals surface area contributed by atoms with Crippen LogP contribution in [0.4, 0.5) is 11.5 Å². The Kier molecular flexibility index (Phi) is 4.16. The smallest absolute Gasteiger partial charge is 0.256 e. The Hall–Kier alpha value is -1.72. The molecule has 2 aromatic rings. The number of aromatic amines is 1. The molecule has 0 bridgehead atoms. The quantitative estimate of drug-likeness (QED) is 0.733. The van der Waals surface area contributed by atoms with Crippen molar-refractivity contribution in [3.05, 3.63) is 39.5 Å². The summed E-state index contributed by atoms with van der Waals surface area (Å²) in [6, 6.07) is 4.73. The maximum absolute atomic E-state index is 12.2. The third-order valence-electron chi connectivity index (χ3n) is 2.97. The van der Waals surface area contributed by atoms with Crippen molar-refractivity contribution in [2.45, 2.75) is 26.2 Å². The van der Waals surface area contributed by atoms with Gasteiger partial charge in [-0.15, -0.1) is 0 Å². The van der Waals surface area contributed by atoms with E-state index in [1.54, 1.807) is 6.07 Å². The minimum absolute atomic E-state index is 0.0796. The number of nitrogens with zero attached hydrogens (tertiary/aromatic N) is 1. The Morgan fingerprint density at radius 2 is 1.81 bits per heavy atom. The van der Waals surface area contributed by atoms with Crippen molar-refractivity contribution in [3.8, 4) is 0 Å². The van der Waals surface area contributed by atoms with Crippen LogP contribution in [0.15, 0.2) is 18.2 Å². The van der Waals surface area contributed by atoms with E-state index in [1.165, 1.54) is 12.1 Å². The minimum Gasteiger partial charge on any atom is -0.396 e. The fourth-order valence-electron chi connectivity index (χ4n) is 1.67. The molecule has 7 heteroatoms. The van der Waals surface area contributed by atoms with E-state index in [2.05, 4.69) is 15.5 Å². The number of rotatable bonds is 2. The number of anilines is 2. The van der Waals surface area contributed by atoms with Gasteiger partial charge in [0.15, 0.2) is 5.82 Å². The molecule has 0 saturated heterocycles. The molecule has 4 N–H and O–H groups in total. The summed E-state index contributed by atoms with van der Waals surface area (Å²) in [5, 5.41) is 10.1. The first kappa shape index (κ1) is 15.7. The number of carbonyl (C=O) groups excluding carboxylic acids is 1. The molecular weight excluding hydrogens is 311 g/mol. The van der Waals surface area contributed by atoms with Crippen molar-refractivity contribution < 1.29 is 4.79 Å². The Bertz CT molecular complexity index is 666. The number of nitrogens with two attached hydrogens (primary N) is 1. The van der Waals surface area contributed by atoms with Crippen LogP contribution in [0.2, 0.25) is 10.0 Å². The number of amides is 1. The summed E-state index contributed by atoms with van der Waals surface area (Å²) in [5.41, 5.74) is 7.06. The predicted molar refractivity (Wildman–Crippen MR) is 86.1 cm³/mol. The summed E-state index contributed by atoms with van der Waals surface area (Å²) < 4.78 is 0. The molecule has 112 valence electrons. The molecule has 1 aromatic carbocycles. The summed E-state index contributed by atoms with van der Waals surface area (Å²) in [6.07, 6.45) is 0. The molecule has 0 unspecified atom stereocenters. The van der Waals surface area contributed by atoms with Crippen molar-refractivity contribution in [2.75, 3.05) is 11.1 Å². The lowest BCUT2D eigenvalue weighted by molar-refractivity contribution is 0.102. The molecule has 5 nitrogen and oxygen atoms in total. The highest BCUT2D eigenvalue weighted by atomic mass is 35.5. The molecule has 0 aliphatic rings.